The fraction of sp³-hybridized carbons (Fsp3) is 0.375. The largest absolute Gasteiger partial charge is 0.504 e. The van der Waals surface area contributed by atoms with Crippen LogP contribution in [0, 0.1) is 0 Å². The van der Waals surface area contributed by atoms with E-state index in [2.05, 4.69) is 0 Å². The van der Waals surface area contributed by atoms with E-state index in [-0.39, 0.29) is 17.8 Å². The van der Waals surface area contributed by atoms with Crippen LogP contribution in [0.3, 0.4) is 0 Å². The number of aromatic hydroxyl groups is 1. The van der Waals surface area contributed by atoms with Crippen molar-refractivity contribution in [3.8, 4) is 11.5 Å². The zero-order valence-electron chi connectivity index (χ0n) is 13.3. The minimum Gasteiger partial charge on any atom is -0.504 e. The van der Waals surface area contributed by atoms with Gasteiger partial charge in [0, 0.05) is 6.08 Å². The number of phenolic OH excluding ortho intramolecular Hbond substituents is 1. The zero-order valence-corrected chi connectivity index (χ0v) is 13.3. The van der Waals surface area contributed by atoms with Crippen molar-refractivity contribution in [2.75, 3.05) is 13.7 Å². The molecule has 0 aliphatic carbocycles. The highest BCUT2D eigenvalue weighted by Gasteiger charge is 2.30. The van der Waals surface area contributed by atoms with Crippen LogP contribution in [0.4, 0.5) is 0 Å². The highest BCUT2D eigenvalue weighted by atomic mass is 16.5. The molecule has 1 aromatic rings. The normalized spacial score (nSPS) is 16.0. The Morgan fingerprint density at radius 1 is 1.20 bits per heavy atom. The number of hydrogen-bond donors (Lipinski definition) is 5. The number of aliphatic hydroxyl groups excluding tert-OH is 4. The quantitative estimate of drug-likeness (QED) is 0.204. The van der Waals surface area contributed by atoms with Gasteiger partial charge in [0.25, 0.3) is 0 Å². The van der Waals surface area contributed by atoms with Crippen LogP contribution in [0.25, 0.3) is 6.08 Å². The number of benzene rings is 1. The summed E-state index contributed by atoms with van der Waals surface area (Å²) in [6.07, 6.45) is -4.94. The van der Waals surface area contributed by atoms with E-state index in [0.717, 1.165) is 6.08 Å². The molecule has 5 N–H and O–H groups in total. The molecule has 4 atom stereocenters. The van der Waals surface area contributed by atoms with E-state index in [1.54, 1.807) is 0 Å². The second kappa shape index (κ2) is 9.74. The maximum absolute atomic E-state index is 11.6. The lowest BCUT2D eigenvalue weighted by molar-refractivity contribution is -0.151. The van der Waals surface area contributed by atoms with E-state index in [4.69, 9.17) is 14.6 Å². The summed E-state index contributed by atoms with van der Waals surface area (Å²) in [5.41, 5.74) is 0.539. The highest BCUT2D eigenvalue weighted by Crippen LogP contribution is 2.26. The molecule has 138 valence electrons. The third-order valence-electron chi connectivity index (χ3n) is 3.25. The molecular weight excluding hydrogens is 336 g/mol. The van der Waals surface area contributed by atoms with Gasteiger partial charge in [0.2, 0.25) is 0 Å². The number of methoxy groups -OCH3 is 1. The van der Waals surface area contributed by atoms with Crippen LogP contribution in [0.15, 0.2) is 24.3 Å². The molecule has 0 saturated heterocycles. The number of aliphatic hydroxyl groups is 4. The Bertz CT molecular complexity index is 614. The SMILES string of the molecule is COc1cc(/C=C\C(=O)OCC(O)C(O)C(O)C(O)C=O)ccc1O. The molecule has 0 heterocycles. The van der Waals surface area contributed by atoms with Gasteiger partial charge in [-0.3, -0.25) is 0 Å². The predicted molar refractivity (Wildman–Crippen MR) is 84.7 cm³/mol. The van der Waals surface area contributed by atoms with Gasteiger partial charge in [-0.05, 0) is 23.8 Å². The van der Waals surface area contributed by atoms with Gasteiger partial charge in [0.05, 0.1) is 7.11 Å². The number of hydrogen-bond acceptors (Lipinski definition) is 9. The van der Waals surface area contributed by atoms with Crippen molar-refractivity contribution in [1.29, 1.82) is 0 Å². The number of esters is 1. The minimum absolute atomic E-state index is 0.00127. The third-order valence-corrected chi connectivity index (χ3v) is 3.25. The Labute approximate surface area is 143 Å². The minimum atomic E-state index is -1.91. The van der Waals surface area contributed by atoms with Crippen LogP contribution in [0.5, 0.6) is 11.5 Å². The van der Waals surface area contributed by atoms with Gasteiger partial charge in [0.15, 0.2) is 17.8 Å². The molecule has 0 saturated carbocycles. The first kappa shape index (κ1) is 20.6. The van der Waals surface area contributed by atoms with Crippen molar-refractivity contribution >= 4 is 18.3 Å². The molecule has 1 aromatic carbocycles. The molecule has 0 spiro atoms. The number of rotatable bonds is 9. The molecule has 4 unspecified atom stereocenters. The van der Waals surface area contributed by atoms with Crippen LogP contribution >= 0.6 is 0 Å². The summed E-state index contributed by atoms with van der Waals surface area (Å²) in [6, 6.07) is 4.38. The van der Waals surface area contributed by atoms with E-state index >= 15 is 0 Å². The Morgan fingerprint density at radius 3 is 2.48 bits per heavy atom. The van der Waals surface area contributed by atoms with Crippen molar-refractivity contribution in [2.24, 2.45) is 0 Å². The van der Waals surface area contributed by atoms with Crippen LogP contribution < -0.4 is 4.74 Å². The van der Waals surface area contributed by atoms with Gasteiger partial charge in [0.1, 0.15) is 31.0 Å². The van der Waals surface area contributed by atoms with Crippen molar-refractivity contribution in [3.63, 3.8) is 0 Å². The molecule has 0 aliphatic rings. The summed E-state index contributed by atoms with van der Waals surface area (Å²) in [6.45, 7) is -0.661. The Morgan fingerprint density at radius 2 is 1.88 bits per heavy atom. The summed E-state index contributed by atoms with van der Waals surface area (Å²) in [5.74, 6) is -0.684. The monoisotopic (exact) mass is 356 g/mol. The molecule has 9 nitrogen and oxygen atoms in total. The standard InChI is InChI=1S/C16H20O9/c1-24-13-6-9(2-4-10(13)18)3-5-14(21)25-8-12(20)16(23)15(22)11(19)7-17/h2-7,11-12,15-16,18-20,22-23H,8H2,1H3/b5-3-. The van der Waals surface area contributed by atoms with Crippen molar-refractivity contribution in [2.45, 2.75) is 24.4 Å². The van der Waals surface area contributed by atoms with Gasteiger partial charge in [-0.15, -0.1) is 0 Å². The topological polar surface area (TPSA) is 154 Å². The average Bonchev–Trinajstić information content (AvgIpc) is 2.63. The number of ether oxygens (including phenoxy) is 2. The lowest BCUT2D eigenvalue weighted by Crippen LogP contribution is -2.46. The number of carbonyl (C=O) groups is 2. The van der Waals surface area contributed by atoms with Crippen LogP contribution in [-0.2, 0) is 14.3 Å². The molecule has 0 radical (unpaired) electrons. The van der Waals surface area contributed by atoms with Crippen LogP contribution in [-0.4, -0.2) is 75.9 Å². The van der Waals surface area contributed by atoms with E-state index in [9.17, 15) is 30.0 Å². The molecule has 0 fully saturated rings. The molecule has 0 aromatic heterocycles. The summed E-state index contributed by atoms with van der Waals surface area (Å²) in [7, 11) is 1.37. The van der Waals surface area contributed by atoms with E-state index in [1.807, 2.05) is 0 Å². The fourth-order valence-corrected chi connectivity index (χ4v) is 1.79. The first-order valence-corrected chi connectivity index (χ1v) is 7.19. The molecule has 9 heteroatoms. The van der Waals surface area contributed by atoms with Gasteiger partial charge in [-0.25, -0.2) is 4.79 Å². The second-order valence-electron chi connectivity index (χ2n) is 5.07. The number of phenols is 1. The third kappa shape index (κ3) is 6.16. The van der Waals surface area contributed by atoms with Gasteiger partial charge >= 0.3 is 5.97 Å². The predicted octanol–water partition coefficient (Wildman–Crippen LogP) is -1.40. The van der Waals surface area contributed by atoms with Crippen molar-refractivity contribution in [3.05, 3.63) is 29.8 Å². The van der Waals surface area contributed by atoms with Crippen LogP contribution in [0.2, 0.25) is 0 Å². The average molecular weight is 356 g/mol. The highest BCUT2D eigenvalue weighted by molar-refractivity contribution is 5.87. The Kier molecular flexibility index (Phi) is 8.02. The van der Waals surface area contributed by atoms with Crippen molar-refractivity contribution < 1.29 is 44.6 Å². The first-order chi connectivity index (χ1) is 11.8. The van der Waals surface area contributed by atoms with Gasteiger partial charge in [-0.1, -0.05) is 6.07 Å². The smallest absolute Gasteiger partial charge is 0.330 e. The van der Waals surface area contributed by atoms with E-state index < -0.39 is 37.0 Å². The first-order valence-electron chi connectivity index (χ1n) is 7.19. The molecule has 1 rings (SSSR count). The molecular formula is C16H20O9. The van der Waals surface area contributed by atoms with Gasteiger partial charge in [-0.2, -0.15) is 0 Å². The van der Waals surface area contributed by atoms with Gasteiger partial charge < -0.3 is 39.8 Å². The van der Waals surface area contributed by atoms with Crippen molar-refractivity contribution in [1.82, 2.24) is 0 Å². The zero-order chi connectivity index (χ0) is 19.0. The number of carbonyl (C=O) groups excluding carboxylic acids is 2. The lowest BCUT2D eigenvalue weighted by atomic mass is 10.0. The fourth-order valence-electron chi connectivity index (χ4n) is 1.79. The molecule has 0 bridgehead atoms. The van der Waals surface area contributed by atoms with E-state index in [0.29, 0.717) is 5.56 Å². The summed E-state index contributed by atoms with van der Waals surface area (Å²) < 4.78 is 9.61. The second-order valence-corrected chi connectivity index (χ2v) is 5.07. The van der Waals surface area contributed by atoms with E-state index in [1.165, 1.54) is 31.4 Å². The Balaban J connectivity index is 2.55. The summed E-state index contributed by atoms with van der Waals surface area (Å²) in [5, 5.41) is 47.0. The number of aldehydes is 1. The maximum Gasteiger partial charge on any atom is 0.330 e. The molecule has 25 heavy (non-hydrogen) atoms. The maximum atomic E-state index is 11.6. The molecule has 0 amide bonds. The molecule has 0 aliphatic heterocycles. The van der Waals surface area contributed by atoms with Crippen LogP contribution in [0.1, 0.15) is 5.56 Å². The lowest BCUT2D eigenvalue weighted by Gasteiger charge is -2.23. The summed E-state index contributed by atoms with van der Waals surface area (Å²) >= 11 is 0. The Hall–Kier alpha value is -2.46. The summed E-state index contributed by atoms with van der Waals surface area (Å²) in [4.78, 5) is 21.9.